The molecule has 3 aromatic rings. The molecule has 4 rings (SSSR count). The molecule has 130 valence electrons. The van der Waals surface area contributed by atoms with Crippen molar-refractivity contribution in [1.82, 2.24) is 15.0 Å². The van der Waals surface area contributed by atoms with Crippen LogP contribution in [0.5, 0.6) is 0 Å². The Labute approximate surface area is 149 Å². The Morgan fingerprint density at radius 3 is 2.76 bits per heavy atom. The number of nitrogens with zero attached hydrogens (tertiary/aromatic N) is 2. The van der Waals surface area contributed by atoms with Crippen LogP contribution in [0.4, 0.5) is 5.82 Å². The van der Waals surface area contributed by atoms with Crippen molar-refractivity contribution in [1.29, 1.82) is 0 Å². The fourth-order valence-corrected chi connectivity index (χ4v) is 4.67. The number of benzene rings is 1. The third-order valence-corrected chi connectivity index (χ3v) is 6.13. The number of nitrogens with two attached hydrogens (primary N) is 1. The van der Waals surface area contributed by atoms with Crippen molar-refractivity contribution in [2.24, 2.45) is 5.92 Å². The maximum absolute atomic E-state index is 10.6. The normalized spacial score (nSPS) is 26.3. The summed E-state index contributed by atoms with van der Waals surface area (Å²) >= 11 is 1.70. The summed E-state index contributed by atoms with van der Waals surface area (Å²) in [6.45, 7) is 0. The molecule has 4 atom stereocenters. The molecule has 0 aliphatic heterocycles. The van der Waals surface area contributed by atoms with Gasteiger partial charge in [0.25, 0.3) is 0 Å². The quantitative estimate of drug-likeness (QED) is 0.534. The maximum atomic E-state index is 10.6. The monoisotopic (exact) mass is 356 g/mol. The number of fused-ring (bicyclic) bond motifs is 1. The van der Waals surface area contributed by atoms with Gasteiger partial charge in [0, 0.05) is 28.3 Å². The number of aliphatic hydroxyl groups excluding tert-OH is 2. The molecule has 0 radical (unpaired) electrons. The molecule has 0 spiro atoms. The third kappa shape index (κ3) is 2.99. The highest BCUT2D eigenvalue weighted by Crippen LogP contribution is 2.43. The van der Waals surface area contributed by atoms with Gasteiger partial charge >= 0.3 is 0 Å². The average molecular weight is 356 g/mol. The minimum Gasteiger partial charge on any atom is -0.390 e. The van der Waals surface area contributed by atoms with Crippen molar-refractivity contribution in [3.05, 3.63) is 48.4 Å². The van der Waals surface area contributed by atoms with E-state index in [-0.39, 0.29) is 11.8 Å². The number of nitrogens with one attached hydrogen (secondary N) is 1. The lowest BCUT2D eigenvalue weighted by atomic mass is 9.96. The number of aromatic amines is 1. The zero-order valence-electron chi connectivity index (χ0n) is 13.5. The van der Waals surface area contributed by atoms with E-state index in [1.54, 1.807) is 11.8 Å². The van der Waals surface area contributed by atoms with Gasteiger partial charge in [-0.15, -0.1) is 11.8 Å². The lowest BCUT2D eigenvalue weighted by Gasteiger charge is -2.16. The summed E-state index contributed by atoms with van der Waals surface area (Å²) < 4.78 is 0. The number of anilines is 1. The fraction of sp³-hybridized carbons (Fsp3) is 0.333. The number of aromatic nitrogens is 3. The Hall–Kier alpha value is -2.09. The summed E-state index contributed by atoms with van der Waals surface area (Å²) in [6.07, 6.45) is 2.40. The zero-order chi connectivity index (χ0) is 17.4. The van der Waals surface area contributed by atoms with E-state index in [2.05, 4.69) is 27.1 Å². The molecule has 2 aromatic heterocycles. The minimum absolute atomic E-state index is 0.0225. The van der Waals surface area contributed by atoms with E-state index < -0.39 is 12.2 Å². The molecule has 1 fully saturated rings. The molecule has 2 heterocycles. The predicted octanol–water partition coefficient (Wildman–Crippen LogP) is 2.16. The Balaban J connectivity index is 1.54. The van der Waals surface area contributed by atoms with E-state index in [9.17, 15) is 10.2 Å². The smallest absolute Gasteiger partial charge is 0.151 e. The molecule has 0 bridgehead atoms. The van der Waals surface area contributed by atoms with Crippen LogP contribution in [0.1, 0.15) is 17.9 Å². The van der Waals surface area contributed by atoms with Gasteiger partial charge in [0.05, 0.1) is 17.7 Å². The first-order valence-electron chi connectivity index (χ1n) is 8.26. The van der Waals surface area contributed by atoms with Crippen molar-refractivity contribution in [3.63, 3.8) is 0 Å². The second kappa shape index (κ2) is 6.67. The highest BCUT2D eigenvalue weighted by molar-refractivity contribution is 7.99. The van der Waals surface area contributed by atoms with Crippen LogP contribution in [0.15, 0.2) is 47.8 Å². The maximum Gasteiger partial charge on any atom is 0.151 e. The van der Waals surface area contributed by atoms with Gasteiger partial charge in [-0.1, -0.05) is 18.2 Å². The van der Waals surface area contributed by atoms with Gasteiger partial charge in [-0.05, 0) is 24.5 Å². The molecule has 1 aromatic carbocycles. The largest absolute Gasteiger partial charge is 0.390 e. The van der Waals surface area contributed by atoms with Gasteiger partial charge in [-0.3, -0.25) is 0 Å². The molecule has 1 aliphatic rings. The van der Waals surface area contributed by atoms with Crippen LogP contribution in [0.25, 0.3) is 11.0 Å². The van der Waals surface area contributed by atoms with Crippen molar-refractivity contribution in [2.45, 2.75) is 29.4 Å². The van der Waals surface area contributed by atoms with Gasteiger partial charge in [-0.25, -0.2) is 9.97 Å². The number of hydrogen-bond acceptors (Lipinski definition) is 6. The molecule has 7 heteroatoms. The van der Waals surface area contributed by atoms with Gasteiger partial charge in [0.2, 0.25) is 0 Å². The lowest BCUT2D eigenvalue weighted by molar-refractivity contribution is 0.0190. The Morgan fingerprint density at radius 1 is 1.16 bits per heavy atom. The number of rotatable bonds is 4. The molecule has 1 aliphatic carbocycles. The van der Waals surface area contributed by atoms with E-state index in [0.29, 0.717) is 17.8 Å². The van der Waals surface area contributed by atoms with Crippen LogP contribution in [-0.4, -0.2) is 43.1 Å². The lowest BCUT2D eigenvalue weighted by Crippen LogP contribution is -2.28. The van der Waals surface area contributed by atoms with Crippen LogP contribution in [-0.2, 0) is 0 Å². The van der Waals surface area contributed by atoms with E-state index >= 15 is 0 Å². The first-order valence-corrected chi connectivity index (χ1v) is 9.25. The minimum atomic E-state index is -0.809. The van der Waals surface area contributed by atoms with Gasteiger partial charge < -0.3 is 20.9 Å². The molecule has 5 N–H and O–H groups in total. The third-order valence-electron chi connectivity index (χ3n) is 4.93. The SMILES string of the molecule is Nc1ncnc2c(C3CC(CSc4ccccc4)C(O)C3O)c[nH]c12. The fourth-order valence-electron chi connectivity index (χ4n) is 3.58. The van der Waals surface area contributed by atoms with Crippen molar-refractivity contribution >= 4 is 28.6 Å². The van der Waals surface area contributed by atoms with Crippen molar-refractivity contribution < 1.29 is 10.2 Å². The molecular weight excluding hydrogens is 336 g/mol. The highest BCUT2D eigenvalue weighted by Gasteiger charge is 2.43. The van der Waals surface area contributed by atoms with E-state index in [0.717, 1.165) is 16.8 Å². The Morgan fingerprint density at radius 2 is 1.96 bits per heavy atom. The van der Waals surface area contributed by atoms with Gasteiger partial charge in [0.1, 0.15) is 11.8 Å². The van der Waals surface area contributed by atoms with Crippen LogP contribution in [0.2, 0.25) is 0 Å². The van der Waals surface area contributed by atoms with E-state index in [1.807, 2.05) is 24.4 Å². The number of hydrogen-bond donors (Lipinski definition) is 4. The molecule has 25 heavy (non-hydrogen) atoms. The van der Waals surface area contributed by atoms with E-state index in [4.69, 9.17) is 5.73 Å². The van der Waals surface area contributed by atoms with Crippen LogP contribution in [0.3, 0.4) is 0 Å². The highest BCUT2D eigenvalue weighted by atomic mass is 32.2. The number of nitrogen functional groups attached to an aromatic ring is 1. The van der Waals surface area contributed by atoms with Crippen LogP contribution >= 0.6 is 11.8 Å². The topological polar surface area (TPSA) is 108 Å². The number of aliphatic hydroxyl groups is 2. The molecule has 4 unspecified atom stereocenters. The summed E-state index contributed by atoms with van der Waals surface area (Å²) in [5.74, 6) is 1.01. The second-order valence-corrected chi connectivity index (χ2v) is 7.53. The Kier molecular flexibility index (Phi) is 4.37. The first kappa shape index (κ1) is 16.4. The van der Waals surface area contributed by atoms with Crippen molar-refractivity contribution in [2.75, 3.05) is 11.5 Å². The molecule has 1 saturated carbocycles. The van der Waals surface area contributed by atoms with Gasteiger partial charge in [0.15, 0.2) is 5.82 Å². The molecule has 6 nitrogen and oxygen atoms in total. The first-order chi connectivity index (χ1) is 12.1. The summed E-state index contributed by atoms with van der Waals surface area (Å²) in [7, 11) is 0. The summed E-state index contributed by atoms with van der Waals surface area (Å²) in [5.41, 5.74) is 8.17. The van der Waals surface area contributed by atoms with Crippen LogP contribution < -0.4 is 5.73 Å². The number of thioether (sulfide) groups is 1. The molecular formula is C18H20N4O2S. The zero-order valence-corrected chi connectivity index (χ0v) is 14.4. The molecule has 0 saturated heterocycles. The average Bonchev–Trinajstić information content (AvgIpc) is 3.18. The summed E-state index contributed by atoms with van der Waals surface area (Å²) in [4.78, 5) is 12.5. The Bertz CT molecular complexity index is 870. The summed E-state index contributed by atoms with van der Waals surface area (Å²) in [6, 6.07) is 10.1. The second-order valence-electron chi connectivity index (χ2n) is 6.43. The summed E-state index contributed by atoms with van der Waals surface area (Å²) in [5, 5.41) is 21.1. The van der Waals surface area contributed by atoms with Crippen molar-refractivity contribution in [3.8, 4) is 0 Å². The molecule has 0 amide bonds. The van der Waals surface area contributed by atoms with E-state index in [1.165, 1.54) is 11.2 Å². The standard InChI is InChI=1S/C18H20N4O2S/c19-18-15-14(21-9-22-18)13(7-20-15)12-6-10(16(23)17(12)24)8-25-11-4-2-1-3-5-11/h1-5,7,9-10,12,16-17,20,23-24H,6,8H2,(H2,19,21,22). The number of H-pyrrole nitrogens is 1. The van der Waals surface area contributed by atoms with Gasteiger partial charge in [-0.2, -0.15) is 0 Å². The predicted molar refractivity (Wildman–Crippen MR) is 98.3 cm³/mol. The van der Waals surface area contributed by atoms with Crippen LogP contribution in [0, 0.1) is 5.92 Å².